The molecule has 0 spiro atoms. The summed E-state index contributed by atoms with van der Waals surface area (Å²) in [4.78, 5) is 22.1. The topological polar surface area (TPSA) is 112 Å². The first-order valence-corrected chi connectivity index (χ1v) is 15.0. The molecule has 4 rings (SSSR count). The number of benzene rings is 2. The van der Waals surface area contributed by atoms with Crippen LogP contribution in [0.3, 0.4) is 0 Å². The molecule has 0 bridgehead atoms. The summed E-state index contributed by atoms with van der Waals surface area (Å²) in [5.74, 6) is 1.01. The van der Waals surface area contributed by atoms with E-state index in [0.29, 0.717) is 69.7 Å². The van der Waals surface area contributed by atoms with Crippen LogP contribution in [0, 0.1) is 11.3 Å². The highest BCUT2D eigenvalue weighted by Gasteiger charge is 2.15. The number of hydrogen-bond donors (Lipinski definition) is 2. The Bertz CT molecular complexity index is 1480. The molecule has 0 atom stereocenters. The normalized spacial score (nSPS) is 12.8. The Hall–Kier alpha value is -4.39. The second-order valence-electron chi connectivity index (χ2n) is 9.72. The number of anilines is 3. The number of rotatable bonds is 11. The van der Waals surface area contributed by atoms with Gasteiger partial charge in [-0.3, -0.25) is 14.8 Å². The fraction of sp³-hybridized carbons (Fsp3) is 0.353. The maximum Gasteiger partial charge on any atom is 0.211 e. The molecule has 44 heavy (non-hydrogen) atoms. The molecule has 0 radical (unpaired) electrons. The van der Waals surface area contributed by atoms with Gasteiger partial charge in [-0.15, -0.1) is 6.58 Å². The molecule has 2 aromatic carbocycles. The third kappa shape index (κ3) is 11.0. The zero-order valence-electron chi connectivity index (χ0n) is 26.3. The fourth-order valence-electron chi connectivity index (χ4n) is 4.20. The van der Waals surface area contributed by atoms with Gasteiger partial charge in [-0.25, -0.2) is 0 Å². The van der Waals surface area contributed by atoms with Crippen molar-refractivity contribution in [2.75, 3.05) is 51.0 Å². The molecule has 1 aromatic heterocycles. The molecule has 234 valence electrons. The van der Waals surface area contributed by atoms with Gasteiger partial charge in [0.15, 0.2) is 0 Å². The van der Waals surface area contributed by atoms with Crippen LogP contribution in [0.25, 0.3) is 10.9 Å². The molecule has 1 saturated heterocycles. The van der Waals surface area contributed by atoms with E-state index in [2.05, 4.69) is 52.1 Å². The van der Waals surface area contributed by atoms with E-state index in [1.165, 1.54) is 32.1 Å². The highest BCUT2D eigenvalue weighted by Crippen LogP contribution is 2.37. The van der Waals surface area contributed by atoms with E-state index < -0.39 is 0 Å². The average Bonchev–Trinajstić information content (AvgIpc) is 3.50. The van der Waals surface area contributed by atoms with E-state index in [1.807, 2.05) is 26.0 Å². The SMILES string of the molecule is C=CC.CC/C=C\C(COc1ccc(Nc2c(C#N)cnc3cc(OCC)c(NC=O)cc23)cc1Cl)=NC.CN1CCCC1. The predicted molar refractivity (Wildman–Crippen MR) is 183 cm³/mol. The standard InChI is InChI=1S/C26H26ClN5O3.C5H11N.C3H6/c1-4-6-7-19(29-3)15-35-24-9-8-18(10-21(24)27)32-26-17(13-28)14-30-22-12-25(34-5-2)23(31-16-33)11-20(22)26;1-6-4-2-3-5-6;1-3-2/h6-12,14,16H,4-5,15H2,1-3H3,(H,30,32)(H,31,33);2-5H2,1H3;3H,1H2,2H3/b7-6-,29-19?;;. The Kier molecular flexibility index (Phi) is 16.1. The quantitative estimate of drug-likeness (QED) is 0.128. The van der Waals surface area contributed by atoms with Crippen molar-refractivity contribution in [3.05, 3.63) is 71.9 Å². The minimum absolute atomic E-state index is 0.293. The second-order valence-corrected chi connectivity index (χ2v) is 10.1. The van der Waals surface area contributed by atoms with Gasteiger partial charge in [0, 0.05) is 30.4 Å². The first kappa shape index (κ1) is 35.8. The van der Waals surface area contributed by atoms with E-state index in [9.17, 15) is 10.1 Å². The van der Waals surface area contributed by atoms with Gasteiger partial charge in [-0.2, -0.15) is 5.26 Å². The second kappa shape index (κ2) is 19.7. The zero-order valence-corrected chi connectivity index (χ0v) is 27.1. The monoisotopic (exact) mass is 618 g/mol. The summed E-state index contributed by atoms with van der Waals surface area (Å²) in [6, 6.07) is 10.9. The molecule has 1 amide bonds. The highest BCUT2D eigenvalue weighted by atomic mass is 35.5. The Morgan fingerprint density at radius 2 is 1.93 bits per heavy atom. The number of fused-ring (bicyclic) bond motifs is 1. The Morgan fingerprint density at radius 3 is 2.48 bits per heavy atom. The lowest BCUT2D eigenvalue weighted by atomic mass is 10.1. The lowest BCUT2D eigenvalue weighted by molar-refractivity contribution is -0.105. The van der Waals surface area contributed by atoms with Crippen molar-refractivity contribution in [3.8, 4) is 17.6 Å². The lowest BCUT2D eigenvalue weighted by Gasteiger charge is -2.16. The van der Waals surface area contributed by atoms with Crippen LogP contribution < -0.4 is 20.1 Å². The van der Waals surface area contributed by atoms with Crippen LogP contribution in [0.5, 0.6) is 11.5 Å². The molecule has 2 heterocycles. The van der Waals surface area contributed by atoms with E-state index in [-0.39, 0.29) is 0 Å². The zero-order chi connectivity index (χ0) is 32.3. The van der Waals surface area contributed by atoms with Crippen LogP contribution in [-0.4, -0.2) is 62.4 Å². The molecule has 0 saturated carbocycles. The minimum atomic E-state index is 0.293. The van der Waals surface area contributed by atoms with Gasteiger partial charge < -0.3 is 25.0 Å². The number of likely N-dealkylation sites (tertiary alicyclic amines) is 1. The van der Waals surface area contributed by atoms with Crippen molar-refractivity contribution < 1.29 is 14.3 Å². The molecule has 10 heteroatoms. The maximum absolute atomic E-state index is 11.1. The van der Waals surface area contributed by atoms with Gasteiger partial charge in [-0.1, -0.05) is 30.7 Å². The van der Waals surface area contributed by atoms with Crippen LogP contribution in [0.1, 0.15) is 45.6 Å². The average molecular weight is 619 g/mol. The van der Waals surface area contributed by atoms with Crippen molar-refractivity contribution in [2.24, 2.45) is 4.99 Å². The minimum Gasteiger partial charge on any atom is -0.492 e. The number of halogens is 1. The lowest BCUT2D eigenvalue weighted by Crippen LogP contribution is -2.10. The van der Waals surface area contributed by atoms with E-state index in [4.69, 9.17) is 21.1 Å². The summed E-state index contributed by atoms with van der Waals surface area (Å²) in [5, 5.41) is 16.6. The first-order chi connectivity index (χ1) is 21.3. The number of pyridine rings is 1. The number of nitrogens with zero attached hydrogens (tertiary/aromatic N) is 4. The first-order valence-electron chi connectivity index (χ1n) is 14.6. The van der Waals surface area contributed by atoms with Crippen LogP contribution in [0.4, 0.5) is 17.1 Å². The fourth-order valence-corrected chi connectivity index (χ4v) is 4.43. The number of amides is 1. The van der Waals surface area contributed by atoms with Crippen molar-refractivity contribution in [1.29, 1.82) is 5.26 Å². The van der Waals surface area contributed by atoms with Crippen molar-refractivity contribution >= 4 is 51.7 Å². The highest BCUT2D eigenvalue weighted by molar-refractivity contribution is 6.32. The summed E-state index contributed by atoms with van der Waals surface area (Å²) in [6.45, 7) is 12.5. The van der Waals surface area contributed by atoms with Crippen LogP contribution in [-0.2, 0) is 4.79 Å². The molecular weight excluding hydrogens is 576 g/mol. The van der Waals surface area contributed by atoms with Crippen molar-refractivity contribution in [2.45, 2.75) is 40.0 Å². The number of nitrogens with one attached hydrogen (secondary N) is 2. The van der Waals surface area contributed by atoms with E-state index >= 15 is 0 Å². The molecule has 3 aromatic rings. The van der Waals surface area contributed by atoms with Gasteiger partial charge in [0.1, 0.15) is 24.2 Å². The predicted octanol–water partition coefficient (Wildman–Crippen LogP) is 7.79. The van der Waals surface area contributed by atoms with Crippen LogP contribution >= 0.6 is 11.6 Å². The molecule has 0 aliphatic carbocycles. The van der Waals surface area contributed by atoms with Crippen molar-refractivity contribution in [3.63, 3.8) is 0 Å². The third-order valence-electron chi connectivity index (χ3n) is 6.34. The number of ether oxygens (including phenoxy) is 2. The van der Waals surface area contributed by atoms with E-state index in [1.54, 1.807) is 43.5 Å². The largest absolute Gasteiger partial charge is 0.492 e. The van der Waals surface area contributed by atoms with Crippen LogP contribution in [0.2, 0.25) is 5.02 Å². The number of nitriles is 1. The Morgan fingerprint density at radius 1 is 1.20 bits per heavy atom. The molecule has 0 unspecified atom stereocenters. The Labute approximate surface area is 266 Å². The number of carbonyl (C=O) groups excluding carboxylic acids is 1. The molecule has 1 fully saturated rings. The number of carbonyl (C=O) groups is 1. The molecule has 1 aliphatic rings. The smallest absolute Gasteiger partial charge is 0.211 e. The summed E-state index contributed by atoms with van der Waals surface area (Å²) in [5.41, 5.74) is 3.40. The molecule has 1 aliphatic heterocycles. The van der Waals surface area contributed by atoms with Gasteiger partial charge in [-0.05, 0) is 83.6 Å². The van der Waals surface area contributed by atoms with Gasteiger partial charge in [0.2, 0.25) is 6.41 Å². The molecule has 2 N–H and O–H groups in total. The summed E-state index contributed by atoms with van der Waals surface area (Å²) in [7, 11) is 3.89. The maximum atomic E-state index is 11.1. The Balaban J connectivity index is 0.000000648. The summed E-state index contributed by atoms with van der Waals surface area (Å²) >= 11 is 6.47. The van der Waals surface area contributed by atoms with Crippen molar-refractivity contribution in [1.82, 2.24) is 9.88 Å². The van der Waals surface area contributed by atoms with Gasteiger partial charge >= 0.3 is 0 Å². The third-order valence-corrected chi connectivity index (χ3v) is 6.64. The number of allylic oxidation sites excluding steroid dienone is 2. The summed E-state index contributed by atoms with van der Waals surface area (Å²) < 4.78 is 11.4. The molecule has 9 nitrogen and oxygen atoms in total. The van der Waals surface area contributed by atoms with Crippen LogP contribution in [0.15, 0.2) is 66.3 Å². The number of hydrogen-bond acceptors (Lipinski definition) is 8. The van der Waals surface area contributed by atoms with Gasteiger partial charge in [0.25, 0.3) is 0 Å². The summed E-state index contributed by atoms with van der Waals surface area (Å²) in [6.07, 6.45) is 11.5. The number of aromatic nitrogens is 1. The van der Waals surface area contributed by atoms with E-state index in [0.717, 1.165) is 12.1 Å². The molecular formula is C34H43ClN6O3. The number of aliphatic imine (C=N–C) groups is 1. The van der Waals surface area contributed by atoms with Gasteiger partial charge in [0.05, 0.1) is 39.8 Å².